The van der Waals surface area contributed by atoms with Gasteiger partial charge in [0.1, 0.15) is 12.4 Å². The molecule has 0 atom stereocenters. The van der Waals surface area contributed by atoms with Gasteiger partial charge in [-0.05, 0) is 85.6 Å². The van der Waals surface area contributed by atoms with Crippen LogP contribution in [-0.2, 0) is 13.1 Å². The van der Waals surface area contributed by atoms with Crippen LogP contribution in [0.4, 0.5) is 0 Å². The molecule has 0 spiro atoms. The van der Waals surface area contributed by atoms with Gasteiger partial charge < -0.3 is 4.74 Å². The summed E-state index contributed by atoms with van der Waals surface area (Å²) in [5.41, 5.74) is 5.52. The molecule has 4 heterocycles. The van der Waals surface area contributed by atoms with Crippen molar-refractivity contribution in [1.82, 2.24) is 19.9 Å². The van der Waals surface area contributed by atoms with Crippen molar-refractivity contribution in [3.05, 3.63) is 85.2 Å². The largest absolute Gasteiger partial charge is 0.492 e. The topological polar surface area (TPSA) is 51.1 Å². The summed E-state index contributed by atoms with van der Waals surface area (Å²) < 4.78 is 6.01. The van der Waals surface area contributed by atoms with Crippen molar-refractivity contribution in [1.29, 1.82) is 0 Å². The Labute approximate surface area is 227 Å². The number of aromatic nitrogens is 3. The van der Waals surface area contributed by atoms with Crippen molar-refractivity contribution in [3.63, 3.8) is 0 Å². The Morgan fingerprint density at radius 3 is 1.83 bits per heavy atom. The summed E-state index contributed by atoms with van der Waals surface area (Å²) in [7, 11) is 9.34. The quantitative estimate of drug-likeness (QED) is 0.222. The number of piperidine rings is 1. The molecule has 1 saturated heterocycles. The van der Waals surface area contributed by atoms with Crippen LogP contribution in [0.1, 0.15) is 19.3 Å². The van der Waals surface area contributed by atoms with Gasteiger partial charge in [0.25, 0.3) is 0 Å². The maximum atomic E-state index is 6.01. The van der Waals surface area contributed by atoms with E-state index in [1.54, 1.807) is 12.4 Å². The van der Waals surface area contributed by atoms with Gasteiger partial charge in [0.2, 0.25) is 0 Å². The van der Waals surface area contributed by atoms with Crippen LogP contribution in [0.2, 0.25) is 0 Å². The second-order valence-corrected chi connectivity index (χ2v) is 9.93. The predicted molar refractivity (Wildman–Crippen MR) is 144 cm³/mol. The van der Waals surface area contributed by atoms with Crippen molar-refractivity contribution in [2.75, 3.05) is 26.2 Å². The SMILES string of the molecule is [Cl][Cu][Cl].c1ccc(-c2cc(-c3ccc(OCCN4CCCCC4)cc3)cc(-c3ccccn3)n2)nc1. The number of hydrogen-bond acceptors (Lipinski definition) is 5. The molecule has 0 radical (unpaired) electrons. The third-order valence-corrected chi connectivity index (χ3v) is 5.99. The van der Waals surface area contributed by atoms with Crippen molar-refractivity contribution >= 4 is 20.2 Å². The van der Waals surface area contributed by atoms with Crippen molar-refractivity contribution in [2.45, 2.75) is 19.3 Å². The second-order valence-electron chi connectivity index (χ2n) is 8.37. The number of benzene rings is 1. The molecule has 191 valence electrons. The Kier molecular flexibility index (Phi) is 10.6. The molecule has 1 fully saturated rings. The van der Waals surface area contributed by atoms with Crippen LogP contribution >= 0.6 is 20.2 Å². The maximum absolute atomic E-state index is 6.01. The number of ether oxygens (including phenoxy) is 1. The second kappa shape index (κ2) is 14.3. The van der Waals surface area contributed by atoms with E-state index in [1.165, 1.54) is 32.4 Å². The van der Waals surface area contributed by atoms with E-state index in [1.807, 2.05) is 48.5 Å². The predicted octanol–water partition coefficient (Wildman–Crippen LogP) is 7.11. The average Bonchev–Trinajstić information content (AvgIpc) is 2.95. The first-order chi connectivity index (χ1) is 17.8. The van der Waals surface area contributed by atoms with E-state index in [-0.39, 0.29) is 0 Å². The zero-order chi connectivity index (χ0) is 25.0. The van der Waals surface area contributed by atoms with Gasteiger partial charge in [-0.3, -0.25) is 14.9 Å². The van der Waals surface area contributed by atoms with Crippen LogP contribution < -0.4 is 4.74 Å². The summed E-state index contributed by atoms with van der Waals surface area (Å²) in [6.45, 7) is 4.11. The number of hydrogen-bond donors (Lipinski definition) is 0. The number of likely N-dealkylation sites (tertiary alicyclic amines) is 1. The molecule has 0 unspecified atom stereocenters. The zero-order valence-electron chi connectivity index (χ0n) is 19.8. The molecule has 0 N–H and O–H groups in total. The monoisotopic (exact) mass is 569 g/mol. The first-order valence-electron chi connectivity index (χ1n) is 11.9. The third kappa shape index (κ3) is 7.76. The van der Waals surface area contributed by atoms with E-state index < -0.39 is 0 Å². The standard InChI is InChI=1S/C28H28N4O.2ClH.Cu/c1-6-16-32(17-7-1)18-19-33-24-12-10-22(11-13-24)23-20-27(25-8-2-4-14-29-25)31-28(21-23)26-9-3-5-15-30-26;;;/h2-5,8-15,20-21H,1,6-7,16-19H2;2*1H;/q;;;+2/p-2. The van der Waals surface area contributed by atoms with Gasteiger partial charge in [-0.25, -0.2) is 4.98 Å². The normalized spacial score (nSPS) is 13.6. The molecule has 36 heavy (non-hydrogen) atoms. The smallest absolute Gasteiger partial charge is 0.119 e. The van der Waals surface area contributed by atoms with E-state index >= 15 is 0 Å². The molecule has 0 aliphatic carbocycles. The number of nitrogens with zero attached hydrogens (tertiary/aromatic N) is 4. The summed E-state index contributed by atoms with van der Waals surface area (Å²) in [6, 6.07) is 24.2. The molecule has 4 aromatic rings. The minimum Gasteiger partial charge on any atom is -0.492 e. The number of pyridine rings is 3. The van der Waals surface area contributed by atoms with Crippen molar-refractivity contribution in [2.24, 2.45) is 0 Å². The van der Waals surface area contributed by atoms with E-state index in [9.17, 15) is 0 Å². The van der Waals surface area contributed by atoms with Gasteiger partial charge >= 0.3 is 33.3 Å². The van der Waals surface area contributed by atoms with Crippen molar-refractivity contribution in [3.8, 4) is 39.7 Å². The van der Waals surface area contributed by atoms with Crippen LogP contribution in [-0.4, -0.2) is 46.1 Å². The van der Waals surface area contributed by atoms with Crippen LogP contribution in [0, 0.1) is 0 Å². The molecule has 0 bridgehead atoms. The Hall–Kier alpha value is -2.47. The van der Waals surface area contributed by atoms with Crippen molar-refractivity contribution < 1.29 is 17.9 Å². The van der Waals surface area contributed by atoms with Crippen LogP contribution in [0.25, 0.3) is 33.9 Å². The molecule has 1 aliphatic rings. The van der Waals surface area contributed by atoms with Crippen LogP contribution in [0.5, 0.6) is 5.75 Å². The Morgan fingerprint density at radius 1 is 0.722 bits per heavy atom. The van der Waals surface area contributed by atoms with E-state index in [0.29, 0.717) is 0 Å². The Morgan fingerprint density at radius 2 is 1.31 bits per heavy atom. The summed E-state index contributed by atoms with van der Waals surface area (Å²) in [4.78, 5) is 16.3. The first kappa shape index (κ1) is 26.6. The molecule has 1 aliphatic heterocycles. The van der Waals surface area contributed by atoms with E-state index in [0.717, 1.165) is 65.9 Å². The fraction of sp³-hybridized carbons (Fsp3) is 0.250. The summed E-state index contributed by atoms with van der Waals surface area (Å²) in [5.74, 6) is 0.903. The van der Waals surface area contributed by atoms with Crippen LogP contribution in [0.3, 0.4) is 0 Å². The molecule has 8 heteroatoms. The zero-order valence-corrected chi connectivity index (χ0v) is 22.2. The molecule has 0 amide bonds. The van der Waals surface area contributed by atoms with Gasteiger partial charge in [-0.15, -0.1) is 0 Å². The number of halogens is 2. The van der Waals surface area contributed by atoms with Gasteiger partial charge in [-0.2, -0.15) is 0 Å². The molecule has 0 saturated carbocycles. The van der Waals surface area contributed by atoms with Gasteiger partial charge in [0.05, 0.1) is 22.8 Å². The molecule has 1 aromatic carbocycles. The van der Waals surface area contributed by atoms with Crippen LogP contribution in [0.15, 0.2) is 85.2 Å². The average molecular weight is 571 g/mol. The molecule has 3 aromatic heterocycles. The minimum absolute atomic E-state index is 0.724. The fourth-order valence-electron chi connectivity index (χ4n) is 4.21. The van der Waals surface area contributed by atoms with Gasteiger partial charge in [0, 0.05) is 18.9 Å². The first-order valence-corrected chi connectivity index (χ1v) is 14.5. The molecular formula is C28H28Cl2CuN4O. The summed E-state index contributed by atoms with van der Waals surface area (Å²) in [5, 5.41) is 0. The van der Waals surface area contributed by atoms with Gasteiger partial charge in [-0.1, -0.05) is 30.7 Å². The summed E-state index contributed by atoms with van der Waals surface area (Å²) in [6.07, 6.45) is 7.56. The molecule has 5 rings (SSSR count). The third-order valence-electron chi connectivity index (χ3n) is 5.99. The minimum atomic E-state index is 0.724. The number of rotatable bonds is 7. The fourth-order valence-corrected chi connectivity index (χ4v) is 4.21. The molecular weight excluding hydrogens is 543 g/mol. The van der Waals surface area contributed by atoms with E-state index in [2.05, 4.69) is 59.3 Å². The molecule has 5 nitrogen and oxygen atoms in total. The Bertz CT molecular complexity index is 1130. The Balaban J connectivity index is 0.000000967. The van der Waals surface area contributed by atoms with E-state index in [4.69, 9.17) is 9.72 Å². The maximum Gasteiger partial charge on any atom is 0.119 e. The summed E-state index contributed by atoms with van der Waals surface area (Å²) >= 11 is 0.757. The van der Waals surface area contributed by atoms with Gasteiger partial charge in [0.15, 0.2) is 0 Å².